The van der Waals surface area contributed by atoms with Gasteiger partial charge in [-0.15, -0.1) is 6.10 Å². The summed E-state index contributed by atoms with van der Waals surface area (Å²) in [6, 6.07) is 0. The van der Waals surface area contributed by atoms with Crippen molar-refractivity contribution in [3.63, 3.8) is 0 Å². The predicted octanol–water partition coefficient (Wildman–Crippen LogP) is 0.251. The number of hydrogen-bond donors (Lipinski definition) is 0. The van der Waals surface area contributed by atoms with E-state index in [1.54, 1.807) is 0 Å². The third-order valence-electron chi connectivity index (χ3n) is 7.77. The molecule has 0 aromatic rings. The van der Waals surface area contributed by atoms with Crippen LogP contribution < -0.4 is 34.7 Å². The molecule has 4 aliphatic rings. The second kappa shape index (κ2) is 5.72. The van der Waals surface area contributed by atoms with E-state index in [1.807, 2.05) is 0 Å². The minimum Gasteiger partial charge on any atom is -0.852 e. The van der Waals surface area contributed by atoms with Crippen molar-refractivity contribution in [3.8, 4) is 0 Å². The van der Waals surface area contributed by atoms with Gasteiger partial charge in [-0.2, -0.15) is 0 Å². The summed E-state index contributed by atoms with van der Waals surface area (Å²) < 4.78 is 0. The number of carbonyl (C=O) groups excluding carboxylic acids is 1. The van der Waals surface area contributed by atoms with Crippen molar-refractivity contribution >= 4 is 5.78 Å². The van der Waals surface area contributed by atoms with Crippen LogP contribution in [0, 0.1) is 28.6 Å². The monoisotopic (exact) mass is 310 g/mol. The molecule has 4 rings (SSSR count). The molecule has 0 aromatic heterocycles. The van der Waals surface area contributed by atoms with Gasteiger partial charge in [-0.05, 0) is 61.7 Å². The first kappa shape index (κ1) is 17.2. The summed E-state index contributed by atoms with van der Waals surface area (Å²) in [6.07, 6.45) is 10.0. The summed E-state index contributed by atoms with van der Waals surface area (Å²) in [7, 11) is 0. The molecule has 0 spiro atoms. The summed E-state index contributed by atoms with van der Waals surface area (Å²) in [5, 5.41) is 11.9. The summed E-state index contributed by atoms with van der Waals surface area (Å²) in [5.74, 6) is 2.53. The molecule has 0 radical (unpaired) electrons. The Morgan fingerprint density at radius 1 is 1.09 bits per heavy atom. The topological polar surface area (TPSA) is 40.1 Å². The first-order valence-electron chi connectivity index (χ1n) is 8.84. The van der Waals surface area contributed by atoms with E-state index in [9.17, 15) is 9.90 Å². The molecule has 4 aliphatic carbocycles. The number of fused-ring (bicyclic) bond motifs is 5. The maximum Gasteiger partial charge on any atom is 1.00 e. The van der Waals surface area contributed by atoms with E-state index >= 15 is 0 Å². The number of ketones is 1. The Labute approximate surface area is 156 Å². The van der Waals surface area contributed by atoms with Crippen molar-refractivity contribution in [2.75, 3.05) is 0 Å². The Hall–Kier alpha value is 0.370. The molecule has 0 aliphatic heterocycles. The molecule has 0 aromatic carbocycles. The van der Waals surface area contributed by atoms with Crippen molar-refractivity contribution < 1.29 is 39.5 Å². The molecule has 0 saturated heterocycles. The van der Waals surface area contributed by atoms with Gasteiger partial charge in [0.2, 0.25) is 0 Å². The van der Waals surface area contributed by atoms with Gasteiger partial charge in [-0.25, -0.2) is 0 Å². The second-order valence-electron chi connectivity index (χ2n) is 8.54. The molecule has 0 N–H and O–H groups in total. The number of carbonyl (C=O) groups is 1. The molecular formula is C19H27NaO2. The molecule has 4 unspecified atom stereocenters. The Morgan fingerprint density at radius 3 is 2.55 bits per heavy atom. The van der Waals surface area contributed by atoms with Crippen LogP contribution in [-0.4, -0.2) is 11.9 Å². The smallest absolute Gasteiger partial charge is 0.852 e. The van der Waals surface area contributed by atoms with Gasteiger partial charge < -0.3 is 5.11 Å². The molecular weight excluding hydrogens is 283 g/mol. The van der Waals surface area contributed by atoms with Gasteiger partial charge >= 0.3 is 29.6 Å². The van der Waals surface area contributed by atoms with Crippen molar-refractivity contribution in [3.05, 3.63) is 11.6 Å². The van der Waals surface area contributed by atoms with Gasteiger partial charge in [-0.3, -0.25) is 4.79 Å². The predicted molar refractivity (Wildman–Crippen MR) is 80.5 cm³/mol. The van der Waals surface area contributed by atoms with E-state index in [1.165, 1.54) is 12.0 Å². The van der Waals surface area contributed by atoms with Gasteiger partial charge in [0, 0.05) is 11.8 Å². The van der Waals surface area contributed by atoms with Crippen LogP contribution in [0.1, 0.15) is 65.2 Å². The van der Waals surface area contributed by atoms with Gasteiger partial charge in [0.1, 0.15) is 5.78 Å². The molecule has 0 amide bonds. The first-order chi connectivity index (χ1) is 9.95. The quantitative estimate of drug-likeness (QED) is 0.475. The fourth-order valence-corrected chi connectivity index (χ4v) is 6.40. The molecule has 116 valence electrons. The molecule has 3 fully saturated rings. The van der Waals surface area contributed by atoms with Crippen LogP contribution in [0.3, 0.4) is 0 Å². The number of hydrogen-bond acceptors (Lipinski definition) is 2. The van der Waals surface area contributed by atoms with E-state index in [-0.39, 0.29) is 46.5 Å². The largest absolute Gasteiger partial charge is 1.00 e. The fraction of sp³-hybridized carbons (Fsp3) is 0.842. The minimum atomic E-state index is -0.372. The normalized spacial score (nSPS) is 50.3. The zero-order valence-electron chi connectivity index (χ0n) is 14.4. The Balaban J connectivity index is 0.00000144. The average molecular weight is 310 g/mol. The van der Waals surface area contributed by atoms with Crippen LogP contribution in [0.4, 0.5) is 0 Å². The van der Waals surface area contributed by atoms with Crippen molar-refractivity contribution in [1.82, 2.24) is 0 Å². The number of Topliss-reactive ketones (excluding diaryl/α,β-unsaturated/α-hetero) is 1. The molecule has 6 atom stereocenters. The van der Waals surface area contributed by atoms with Crippen LogP contribution in [0.25, 0.3) is 0 Å². The molecule has 0 heterocycles. The zero-order chi connectivity index (χ0) is 14.8. The fourth-order valence-electron chi connectivity index (χ4n) is 6.40. The maximum atomic E-state index is 12.4. The second-order valence-corrected chi connectivity index (χ2v) is 8.54. The van der Waals surface area contributed by atoms with Crippen LogP contribution in [-0.2, 0) is 4.79 Å². The summed E-state index contributed by atoms with van der Waals surface area (Å²) >= 11 is 0. The van der Waals surface area contributed by atoms with E-state index in [0.717, 1.165) is 44.9 Å². The summed E-state index contributed by atoms with van der Waals surface area (Å²) in [6.45, 7) is 4.65. The molecule has 3 heteroatoms. The van der Waals surface area contributed by atoms with Gasteiger partial charge in [0.15, 0.2) is 0 Å². The number of rotatable bonds is 0. The third-order valence-corrected chi connectivity index (χ3v) is 7.77. The Kier molecular flexibility index (Phi) is 4.47. The summed E-state index contributed by atoms with van der Waals surface area (Å²) in [4.78, 5) is 12.4. The molecule has 22 heavy (non-hydrogen) atoms. The Bertz CT molecular complexity index is 514. The van der Waals surface area contributed by atoms with E-state index in [4.69, 9.17) is 0 Å². The van der Waals surface area contributed by atoms with Gasteiger partial charge in [0.05, 0.1) is 0 Å². The van der Waals surface area contributed by atoms with Crippen LogP contribution in [0.5, 0.6) is 0 Å². The van der Waals surface area contributed by atoms with E-state index < -0.39 is 0 Å². The van der Waals surface area contributed by atoms with Crippen LogP contribution in [0.15, 0.2) is 11.6 Å². The SMILES string of the molecule is C[C@]12CCC([O-])CC1=CCC1C2CC[C@]2(C)C(=O)CCC12.[Na+]. The van der Waals surface area contributed by atoms with Crippen molar-refractivity contribution in [1.29, 1.82) is 0 Å². The Morgan fingerprint density at radius 2 is 1.77 bits per heavy atom. The maximum absolute atomic E-state index is 12.4. The standard InChI is InChI=1S/C19H27O2.Na/c1-18-9-7-13(20)11-12(18)3-4-14-15-5-6-17(21)19(15,2)10-8-16(14)18;/h3,13-16H,4-11H2,1-2H3;/q-1;+1/t13?,14?,15?,16?,18-,19-;/m0./s1. The van der Waals surface area contributed by atoms with Crippen LogP contribution in [0.2, 0.25) is 0 Å². The molecule has 3 saturated carbocycles. The summed E-state index contributed by atoms with van der Waals surface area (Å²) in [5.41, 5.74) is 1.69. The average Bonchev–Trinajstić information content (AvgIpc) is 2.76. The first-order valence-corrected chi connectivity index (χ1v) is 8.84. The zero-order valence-corrected chi connectivity index (χ0v) is 16.4. The van der Waals surface area contributed by atoms with Gasteiger partial charge in [-0.1, -0.05) is 31.9 Å². The molecule has 0 bridgehead atoms. The van der Waals surface area contributed by atoms with Crippen molar-refractivity contribution in [2.24, 2.45) is 28.6 Å². The number of allylic oxidation sites excluding steroid dienone is 1. The third kappa shape index (κ3) is 2.24. The van der Waals surface area contributed by atoms with E-state index in [2.05, 4.69) is 19.9 Å². The van der Waals surface area contributed by atoms with Gasteiger partial charge in [0.25, 0.3) is 0 Å². The minimum absolute atomic E-state index is 0. The van der Waals surface area contributed by atoms with Crippen molar-refractivity contribution in [2.45, 2.75) is 71.3 Å². The molecule has 2 nitrogen and oxygen atoms in total. The van der Waals surface area contributed by atoms with Crippen LogP contribution >= 0.6 is 0 Å². The van der Waals surface area contributed by atoms with E-state index in [0.29, 0.717) is 23.5 Å².